The summed E-state index contributed by atoms with van der Waals surface area (Å²) in [6.07, 6.45) is 1.49. The summed E-state index contributed by atoms with van der Waals surface area (Å²) in [6.45, 7) is 3.67. The van der Waals surface area contributed by atoms with Gasteiger partial charge in [-0.1, -0.05) is 0 Å². The molecule has 0 unspecified atom stereocenters. The van der Waals surface area contributed by atoms with E-state index < -0.39 is 0 Å². The molecule has 0 atom stereocenters. The van der Waals surface area contributed by atoms with Gasteiger partial charge in [0.2, 0.25) is 0 Å². The smallest absolute Gasteiger partial charge is 0.255 e. The Labute approximate surface area is 101 Å². The normalized spacial score (nSPS) is 10.1. The topological polar surface area (TPSA) is 80.5 Å². The van der Waals surface area contributed by atoms with E-state index in [1.165, 1.54) is 6.20 Å². The summed E-state index contributed by atoms with van der Waals surface area (Å²) in [5.41, 5.74) is 2.94. The molecule has 0 bridgehead atoms. The van der Waals surface area contributed by atoms with Crippen LogP contribution in [0.25, 0.3) is 0 Å². The fourth-order valence-corrected chi connectivity index (χ4v) is 1.27. The molecule has 0 aliphatic carbocycles. The van der Waals surface area contributed by atoms with E-state index in [1.54, 1.807) is 24.1 Å². The molecular formula is C11H18N4O2. The number of nitrogens with two attached hydrogens (primary N) is 1. The van der Waals surface area contributed by atoms with Crippen LogP contribution < -0.4 is 11.3 Å². The zero-order chi connectivity index (χ0) is 12.7. The van der Waals surface area contributed by atoms with Crippen LogP contribution in [0.5, 0.6) is 0 Å². The first-order valence-electron chi connectivity index (χ1n) is 5.45. The predicted molar refractivity (Wildman–Crippen MR) is 65.5 cm³/mol. The lowest BCUT2D eigenvalue weighted by molar-refractivity contribution is 0.0709. The second-order valence-electron chi connectivity index (χ2n) is 3.50. The summed E-state index contributed by atoms with van der Waals surface area (Å²) >= 11 is 0. The molecule has 1 aromatic rings. The summed E-state index contributed by atoms with van der Waals surface area (Å²) in [5.74, 6) is 5.64. The Bertz CT molecular complexity index is 353. The number of amides is 1. The Morgan fingerprint density at radius 2 is 2.35 bits per heavy atom. The van der Waals surface area contributed by atoms with Crippen molar-refractivity contribution in [1.29, 1.82) is 0 Å². The number of likely N-dealkylation sites (N-methyl/N-ethyl adjacent to an activating group) is 1. The Balaban J connectivity index is 2.55. The maximum absolute atomic E-state index is 11.9. The molecule has 94 valence electrons. The quantitative estimate of drug-likeness (QED) is 0.428. The van der Waals surface area contributed by atoms with Crippen LogP contribution in [0.15, 0.2) is 18.3 Å². The van der Waals surface area contributed by atoms with E-state index in [9.17, 15) is 4.79 Å². The molecule has 0 fully saturated rings. The third kappa shape index (κ3) is 4.01. The summed E-state index contributed by atoms with van der Waals surface area (Å²) in [7, 11) is 1.73. The first-order valence-corrected chi connectivity index (χ1v) is 5.45. The average Bonchev–Trinajstić information content (AvgIpc) is 2.38. The minimum Gasteiger partial charge on any atom is -0.380 e. The standard InChI is InChI=1S/C11H18N4O2/c1-3-17-7-6-15(2)11(16)9-4-5-10(14-12)13-8-9/h4-5,8H,3,6-7,12H2,1-2H3,(H,13,14). The van der Waals surface area contributed by atoms with Gasteiger partial charge < -0.3 is 15.1 Å². The van der Waals surface area contributed by atoms with E-state index in [2.05, 4.69) is 10.4 Å². The van der Waals surface area contributed by atoms with Crippen LogP contribution in [0.4, 0.5) is 5.82 Å². The lowest BCUT2D eigenvalue weighted by atomic mass is 10.2. The van der Waals surface area contributed by atoms with Crippen LogP contribution in [0.1, 0.15) is 17.3 Å². The second-order valence-corrected chi connectivity index (χ2v) is 3.50. The summed E-state index contributed by atoms with van der Waals surface area (Å²) < 4.78 is 5.19. The van der Waals surface area contributed by atoms with Crippen molar-refractivity contribution in [3.63, 3.8) is 0 Å². The molecule has 0 saturated heterocycles. The van der Waals surface area contributed by atoms with E-state index in [0.717, 1.165) is 0 Å². The van der Waals surface area contributed by atoms with Gasteiger partial charge in [0.1, 0.15) is 5.82 Å². The summed E-state index contributed by atoms with van der Waals surface area (Å²) in [4.78, 5) is 17.5. The van der Waals surface area contributed by atoms with Crippen molar-refractivity contribution in [2.75, 3.05) is 32.2 Å². The zero-order valence-electron chi connectivity index (χ0n) is 10.1. The molecule has 0 spiro atoms. The largest absolute Gasteiger partial charge is 0.380 e. The van der Waals surface area contributed by atoms with Crippen LogP contribution in [0.2, 0.25) is 0 Å². The number of hydrogen-bond donors (Lipinski definition) is 2. The van der Waals surface area contributed by atoms with Crippen LogP contribution in [-0.4, -0.2) is 42.6 Å². The van der Waals surface area contributed by atoms with Crippen molar-refractivity contribution in [2.45, 2.75) is 6.92 Å². The van der Waals surface area contributed by atoms with Gasteiger partial charge in [0, 0.05) is 26.4 Å². The molecule has 6 heteroatoms. The van der Waals surface area contributed by atoms with Gasteiger partial charge in [-0.15, -0.1) is 0 Å². The van der Waals surface area contributed by atoms with Gasteiger partial charge in [-0.25, -0.2) is 10.8 Å². The number of hydrogen-bond acceptors (Lipinski definition) is 5. The maximum Gasteiger partial charge on any atom is 0.255 e. The van der Waals surface area contributed by atoms with E-state index in [-0.39, 0.29) is 5.91 Å². The van der Waals surface area contributed by atoms with Crippen molar-refractivity contribution in [1.82, 2.24) is 9.88 Å². The number of nitrogens with one attached hydrogen (secondary N) is 1. The van der Waals surface area contributed by atoms with Crippen molar-refractivity contribution in [2.24, 2.45) is 5.84 Å². The third-order valence-corrected chi connectivity index (χ3v) is 2.28. The molecular weight excluding hydrogens is 220 g/mol. The number of carbonyl (C=O) groups is 1. The Morgan fingerprint density at radius 1 is 1.59 bits per heavy atom. The monoisotopic (exact) mass is 238 g/mol. The Hall–Kier alpha value is -1.66. The number of aromatic nitrogens is 1. The fraction of sp³-hybridized carbons (Fsp3) is 0.455. The number of nitrogens with zero attached hydrogens (tertiary/aromatic N) is 2. The number of nitrogen functional groups attached to an aromatic ring is 1. The lowest BCUT2D eigenvalue weighted by Crippen LogP contribution is -2.30. The van der Waals surface area contributed by atoms with Crippen molar-refractivity contribution in [3.8, 4) is 0 Å². The molecule has 0 radical (unpaired) electrons. The number of pyridine rings is 1. The molecule has 1 amide bonds. The van der Waals surface area contributed by atoms with Crippen molar-refractivity contribution >= 4 is 11.7 Å². The molecule has 1 heterocycles. The molecule has 3 N–H and O–H groups in total. The molecule has 1 aromatic heterocycles. The van der Waals surface area contributed by atoms with Gasteiger partial charge in [0.15, 0.2) is 0 Å². The molecule has 0 aliphatic heterocycles. The van der Waals surface area contributed by atoms with Crippen LogP contribution in [0, 0.1) is 0 Å². The average molecular weight is 238 g/mol. The number of hydrazine groups is 1. The third-order valence-electron chi connectivity index (χ3n) is 2.28. The number of carbonyl (C=O) groups excluding carboxylic acids is 1. The van der Waals surface area contributed by atoms with E-state index in [1.807, 2.05) is 6.92 Å². The van der Waals surface area contributed by atoms with Gasteiger partial charge in [0.25, 0.3) is 5.91 Å². The maximum atomic E-state index is 11.9. The second kappa shape index (κ2) is 6.82. The van der Waals surface area contributed by atoms with Crippen LogP contribution in [-0.2, 0) is 4.74 Å². The van der Waals surface area contributed by atoms with Gasteiger partial charge in [-0.2, -0.15) is 0 Å². The molecule has 0 aromatic carbocycles. The summed E-state index contributed by atoms with van der Waals surface area (Å²) in [6, 6.07) is 3.34. The number of anilines is 1. The zero-order valence-corrected chi connectivity index (χ0v) is 10.1. The van der Waals surface area contributed by atoms with Gasteiger partial charge in [-0.05, 0) is 19.1 Å². The van der Waals surface area contributed by atoms with Crippen molar-refractivity contribution in [3.05, 3.63) is 23.9 Å². The fourth-order valence-electron chi connectivity index (χ4n) is 1.27. The van der Waals surface area contributed by atoms with Gasteiger partial charge >= 0.3 is 0 Å². The predicted octanol–water partition coefficient (Wildman–Crippen LogP) is 0.476. The van der Waals surface area contributed by atoms with Crippen LogP contribution in [0.3, 0.4) is 0 Å². The lowest BCUT2D eigenvalue weighted by Gasteiger charge is -2.16. The minimum absolute atomic E-state index is 0.0826. The molecule has 17 heavy (non-hydrogen) atoms. The number of rotatable bonds is 6. The number of ether oxygens (including phenoxy) is 1. The SMILES string of the molecule is CCOCCN(C)C(=O)c1ccc(NN)nc1. The minimum atomic E-state index is -0.0826. The highest BCUT2D eigenvalue weighted by molar-refractivity contribution is 5.93. The molecule has 0 saturated carbocycles. The molecule has 6 nitrogen and oxygen atoms in total. The first-order chi connectivity index (χ1) is 8.19. The van der Waals surface area contributed by atoms with E-state index in [4.69, 9.17) is 10.6 Å². The van der Waals surface area contributed by atoms with Gasteiger partial charge in [0.05, 0.1) is 12.2 Å². The van der Waals surface area contributed by atoms with E-state index in [0.29, 0.717) is 31.1 Å². The van der Waals surface area contributed by atoms with Gasteiger partial charge in [-0.3, -0.25) is 4.79 Å². The summed E-state index contributed by atoms with van der Waals surface area (Å²) in [5, 5.41) is 0. The Kier molecular flexibility index (Phi) is 5.38. The Morgan fingerprint density at radius 3 is 2.88 bits per heavy atom. The first kappa shape index (κ1) is 13.4. The highest BCUT2D eigenvalue weighted by atomic mass is 16.5. The highest BCUT2D eigenvalue weighted by Gasteiger charge is 2.11. The van der Waals surface area contributed by atoms with Crippen LogP contribution >= 0.6 is 0 Å². The van der Waals surface area contributed by atoms with E-state index >= 15 is 0 Å². The molecule has 1 rings (SSSR count). The van der Waals surface area contributed by atoms with Crippen molar-refractivity contribution < 1.29 is 9.53 Å². The molecule has 0 aliphatic rings. The highest BCUT2D eigenvalue weighted by Crippen LogP contribution is 2.06.